The highest BCUT2D eigenvalue weighted by molar-refractivity contribution is 9.10. The minimum atomic E-state index is -0.379. The molecule has 6 heteroatoms. The molecule has 0 saturated heterocycles. The van der Waals surface area contributed by atoms with Crippen LogP contribution < -0.4 is 15.8 Å². The van der Waals surface area contributed by atoms with Crippen LogP contribution in [0.15, 0.2) is 34.1 Å². The Morgan fingerprint density at radius 3 is 2.84 bits per heavy atom. The Bertz CT molecular complexity index is 561. The number of hydrogen-bond acceptors (Lipinski definition) is 4. The van der Waals surface area contributed by atoms with Crippen molar-refractivity contribution >= 4 is 33.0 Å². The zero-order chi connectivity index (χ0) is 13.8. The van der Waals surface area contributed by atoms with E-state index in [0.29, 0.717) is 6.54 Å². The third-order valence-corrected chi connectivity index (χ3v) is 4.47. The van der Waals surface area contributed by atoms with Gasteiger partial charge in [0.2, 0.25) is 0 Å². The standard InChI is InChI=1S/C13H14BrFN2OS/c1-18-12-5-9(2-3-10(12)15)17-11(6-16)13-4-8(14)7-19-13/h2-5,7,11,17H,6,16H2,1H3. The number of benzene rings is 1. The molecule has 0 bridgehead atoms. The van der Waals surface area contributed by atoms with E-state index in [4.69, 9.17) is 10.5 Å². The monoisotopic (exact) mass is 344 g/mol. The van der Waals surface area contributed by atoms with Crippen molar-refractivity contribution in [2.45, 2.75) is 6.04 Å². The van der Waals surface area contributed by atoms with E-state index in [-0.39, 0.29) is 17.6 Å². The molecule has 2 rings (SSSR count). The van der Waals surface area contributed by atoms with Gasteiger partial charge in [-0.15, -0.1) is 11.3 Å². The number of rotatable bonds is 5. The van der Waals surface area contributed by atoms with Crippen molar-refractivity contribution < 1.29 is 9.13 Å². The molecule has 2 aromatic rings. The fourth-order valence-corrected chi connectivity index (χ4v) is 3.22. The summed E-state index contributed by atoms with van der Waals surface area (Å²) in [6, 6.07) is 6.69. The van der Waals surface area contributed by atoms with Gasteiger partial charge in [-0.1, -0.05) is 0 Å². The van der Waals surface area contributed by atoms with Crippen molar-refractivity contribution in [3.8, 4) is 5.75 Å². The van der Waals surface area contributed by atoms with Crippen LogP contribution >= 0.6 is 27.3 Å². The molecule has 1 aromatic heterocycles. The molecule has 3 N–H and O–H groups in total. The lowest BCUT2D eigenvalue weighted by atomic mass is 10.2. The van der Waals surface area contributed by atoms with E-state index < -0.39 is 0 Å². The van der Waals surface area contributed by atoms with Gasteiger partial charge in [-0.3, -0.25) is 0 Å². The molecule has 0 saturated carbocycles. The number of nitrogens with one attached hydrogen (secondary N) is 1. The van der Waals surface area contributed by atoms with Crippen molar-refractivity contribution in [1.29, 1.82) is 0 Å². The molecular weight excluding hydrogens is 331 g/mol. The van der Waals surface area contributed by atoms with Gasteiger partial charge in [-0.2, -0.15) is 0 Å². The lowest BCUT2D eigenvalue weighted by Gasteiger charge is -2.17. The summed E-state index contributed by atoms with van der Waals surface area (Å²) in [5.41, 5.74) is 6.56. The Kier molecular flexibility index (Phi) is 4.79. The first-order valence-corrected chi connectivity index (χ1v) is 7.35. The number of methoxy groups -OCH3 is 1. The summed E-state index contributed by atoms with van der Waals surface area (Å²) < 4.78 is 19.3. The second-order valence-corrected chi connectivity index (χ2v) is 5.81. The van der Waals surface area contributed by atoms with Crippen molar-refractivity contribution in [3.63, 3.8) is 0 Å². The van der Waals surface area contributed by atoms with Crippen LogP contribution in [0.4, 0.5) is 10.1 Å². The zero-order valence-electron chi connectivity index (χ0n) is 10.3. The maximum absolute atomic E-state index is 13.3. The number of thiophene rings is 1. The quantitative estimate of drug-likeness (QED) is 0.867. The molecule has 102 valence electrons. The minimum Gasteiger partial charge on any atom is -0.494 e. The summed E-state index contributed by atoms with van der Waals surface area (Å²) in [6.07, 6.45) is 0. The third-order valence-electron chi connectivity index (χ3n) is 2.66. The minimum absolute atomic E-state index is 0.00790. The van der Waals surface area contributed by atoms with Crippen LogP contribution in [0.25, 0.3) is 0 Å². The van der Waals surface area contributed by atoms with Gasteiger partial charge in [0.25, 0.3) is 0 Å². The Hall–Kier alpha value is -1.11. The molecule has 1 heterocycles. The molecule has 0 spiro atoms. The second kappa shape index (κ2) is 6.36. The van der Waals surface area contributed by atoms with Gasteiger partial charge in [-0.25, -0.2) is 4.39 Å². The topological polar surface area (TPSA) is 47.3 Å². The summed E-state index contributed by atoms with van der Waals surface area (Å²) >= 11 is 5.04. The Morgan fingerprint density at radius 2 is 2.26 bits per heavy atom. The van der Waals surface area contributed by atoms with E-state index in [2.05, 4.69) is 21.2 Å². The fourth-order valence-electron chi connectivity index (χ4n) is 1.71. The maximum atomic E-state index is 13.3. The largest absolute Gasteiger partial charge is 0.494 e. The van der Waals surface area contributed by atoms with Gasteiger partial charge in [0.05, 0.1) is 13.2 Å². The summed E-state index contributed by atoms with van der Waals surface area (Å²) in [7, 11) is 1.44. The molecular formula is C13H14BrFN2OS. The van der Waals surface area contributed by atoms with Crippen LogP contribution in [0, 0.1) is 5.82 Å². The molecule has 1 aromatic carbocycles. The lowest BCUT2D eigenvalue weighted by Crippen LogP contribution is -2.19. The highest BCUT2D eigenvalue weighted by atomic mass is 79.9. The average molecular weight is 345 g/mol. The van der Waals surface area contributed by atoms with Crippen molar-refractivity contribution in [1.82, 2.24) is 0 Å². The second-order valence-electron chi connectivity index (χ2n) is 3.95. The van der Waals surface area contributed by atoms with Crippen molar-refractivity contribution in [2.75, 3.05) is 19.0 Å². The molecule has 0 radical (unpaired) electrons. The van der Waals surface area contributed by atoms with E-state index >= 15 is 0 Å². The first-order valence-electron chi connectivity index (χ1n) is 5.68. The Morgan fingerprint density at radius 1 is 1.47 bits per heavy atom. The number of nitrogens with two attached hydrogens (primary N) is 1. The number of anilines is 1. The van der Waals surface area contributed by atoms with E-state index in [1.54, 1.807) is 23.5 Å². The molecule has 0 aliphatic rings. The van der Waals surface area contributed by atoms with Crippen LogP contribution in [-0.4, -0.2) is 13.7 Å². The van der Waals surface area contributed by atoms with Gasteiger partial charge in [0, 0.05) is 33.0 Å². The number of ether oxygens (including phenoxy) is 1. The summed E-state index contributed by atoms with van der Waals surface area (Å²) in [6.45, 7) is 0.451. The Labute approximate surface area is 123 Å². The van der Waals surface area contributed by atoms with Crippen LogP contribution in [0.1, 0.15) is 10.9 Å². The van der Waals surface area contributed by atoms with Crippen molar-refractivity contribution in [2.24, 2.45) is 5.73 Å². The normalized spacial score (nSPS) is 12.2. The van der Waals surface area contributed by atoms with E-state index in [9.17, 15) is 4.39 Å². The lowest BCUT2D eigenvalue weighted by molar-refractivity contribution is 0.387. The van der Waals surface area contributed by atoms with Gasteiger partial charge < -0.3 is 15.8 Å². The highest BCUT2D eigenvalue weighted by Crippen LogP contribution is 2.29. The summed E-state index contributed by atoms with van der Waals surface area (Å²) in [5.74, 6) is -0.163. The fraction of sp³-hybridized carbons (Fsp3) is 0.231. The van der Waals surface area contributed by atoms with Crippen LogP contribution in [-0.2, 0) is 0 Å². The molecule has 1 unspecified atom stereocenters. The molecule has 0 amide bonds. The zero-order valence-corrected chi connectivity index (χ0v) is 12.7. The Balaban J connectivity index is 2.18. The molecule has 1 atom stereocenters. The van der Waals surface area contributed by atoms with Crippen LogP contribution in [0.3, 0.4) is 0 Å². The number of hydrogen-bond donors (Lipinski definition) is 2. The molecule has 0 aliphatic heterocycles. The molecule has 0 aliphatic carbocycles. The maximum Gasteiger partial charge on any atom is 0.165 e. The van der Waals surface area contributed by atoms with E-state index in [1.165, 1.54) is 13.2 Å². The number of halogens is 2. The van der Waals surface area contributed by atoms with E-state index in [0.717, 1.165) is 15.0 Å². The van der Waals surface area contributed by atoms with Gasteiger partial charge in [-0.05, 0) is 34.1 Å². The highest BCUT2D eigenvalue weighted by Gasteiger charge is 2.13. The van der Waals surface area contributed by atoms with Gasteiger partial charge >= 0.3 is 0 Å². The van der Waals surface area contributed by atoms with Gasteiger partial charge in [0.1, 0.15) is 0 Å². The van der Waals surface area contributed by atoms with Crippen LogP contribution in [0.2, 0.25) is 0 Å². The smallest absolute Gasteiger partial charge is 0.165 e. The predicted molar refractivity (Wildman–Crippen MR) is 80.4 cm³/mol. The van der Waals surface area contributed by atoms with E-state index in [1.807, 2.05) is 11.4 Å². The summed E-state index contributed by atoms with van der Waals surface area (Å²) in [5, 5.41) is 5.28. The first kappa shape index (κ1) is 14.3. The van der Waals surface area contributed by atoms with Crippen molar-refractivity contribution in [3.05, 3.63) is 44.8 Å². The predicted octanol–water partition coefficient (Wildman–Crippen LogP) is 3.77. The average Bonchev–Trinajstić information content (AvgIpc) is 2.84. The molecule has 19 heavy (non-hydrogen) atoms. The third kappa shape index (κ3) is 3.46. The van der Waals surface area contributed by atoms with Crippen LogP contribution in [0.5, 0.6) is 5.75 Å². The molecule has 0 fully saturated rings. The summed E-state index contributed by atoms with van der Waals surface area (Å²) in [4.78, 5) is 1.12. The first-order chi connectivity index (χ1) is 9.13. The van der Waals surface area contributed by atoms with Gasteiger partial charge in [0.15, 0.2) is 11.6 Å². The molecule has 3 nitrogen and oxygen atoms in total. The SMILES string of the molecule is COc1cc(NC(CN)c2cc(Br)cs2)ccc1F.